The highest BCUT2D eigenvalue weighted by Crippen LogP contribution is 2.37. The van der Waals surface area contributed by atoms with Crippen molar-refractivity contribution in [2.75, 3.05) is 12.4 Å². The predicted octanol–water partition coefficient (Wildman–Crippen LogP) is 6.96. The van der Waals surface area contributed by atoms with Crippen LogP contribution in [0.15, 0.2) is 65.1 Å². The Kier molecular flexibility index (Phi) is 6.89. The number of hydrogen-bond acceptors (Lipinski definition) is 3. The number of methoxy groups -OCH3 is 1. The van der Waals surface area contributed by atoms with Gasteiger partial charge in [0.1, 0.15) is 6.61 Å². The van der Waals surface area contributed by atoms with Crippen molar-refractivity contribution in [3.63, 3.8) is 0 Å². The topological polar surface area (TPSA) is 30.5 Å². The van der Waals surface area contributed by atoms with Gasteiger partial charge in [0.15, 0.2) is 11.5 Å². The second kappa shape index (κ2) is 9.36. The molecule has 0 unspecified atom stereocenters. The molecule has 0 saturated carbocycles. The standard InChI is InChI=1S/C21H18BrCl2NO2/c1-26-20-10-8-17(22)16(12-25-15-5-3-2-4-6-15)21(20)27-13-14-7-9-18(23)19(24)11-14/h2-11,25H,12-13H2,1H3. The summed E-state index contributed by atoms with van der Waals surface area (Å²) < 4.78 is 12.6. The highest BCUT2D eigenvalue weighted by molar-refractivity contribution is 9.10. The molecule has 3 rings (SSSR count). The molecule has 3 aromatic carbocycles. The Morgan fingerprint density at radius 2 is 1.74 bits per heavy atom. The average molecular weight is 467 g/mol. The van der Waals surface area contributed by atoms with Crippen molar-refractivity contribution in [1.82, 2.24) is 0 Å². The zero-order valence-electron chi connectivity index (χ0n) is 14.6. The molecule has 0 atom stereocenters. The number of nitrogens with one attached hydrogen (secondary N) is 1. The summed E-state index contributed by atoms with van der Waals surface area (Å²) in [6, 6.07) is 19.3. The van der Waals surface area contributed by atoms with Crippen molar-refractivity contribution >= 4 is 44.8 Å². The predicted molar refractivity (Wildman–Crippen MR) is 115 cm³/mol. The maximum Gasteiger partial charge on any atom is 0.167 e. The van der Waals surface area contributed by atoms with Gasteiger partial charge < -0.3 is 14.8 Å². The summed E-state index contributed by atoms with van der Waals surface area (Å²) >= 11 is 15.7. The zero-order chi connectivity index (χ0) is 19.2. The maximum atomic E-state index is 6.11. The summed E-state index contributed by atoms with van der Waals surface area (Å²) in [4.78, 5) is 0. The number of para-hydroxylation sites is 1. The Bertz CT molecular complexity index is 920. The third-order valence-corrected chi connectivity index (χ3v) is 5.48. The molecule has 0 fully saturated rings. The molecule has 6 heteroatoms. The van der Waals surface area contributed by atoms with Gasteiger partial charge in [0.25, 0.3) is 0 Å². The van der Waals surface area contributed by atoms with Crippen LogP contribution in [0.2, 0.25) is 10.0 Å². The third kappa shape index (κ3) is 5.10. The molecule has 0 aliphatic carbocycles. The summed E-state index contributed by atoms with van der Waals surface area (Å²) in [7, 11) is 1.63. The molecule has 0 aromatic heterocycles. The van der Waals surface area contributed by atoms with Crippen LogP contribution >= 0.6 is 39.1 Å². The molecule has 0 aliphatic heterocycles. The molecule has 0 radical (unpaired) electrons. The number of benzene rings is 3. The fourth-order valence-corrected chi connectivity index (χ4v) is 3.37. The Balaban J connectivity index is 1.83. The fourth-order valence-electron chi connectivity index (χ4n) is 2.60. The van der Waals surface area contributed by atoms with Crippen LogP contribution in [0.1, 0.15) is 11.1 Å². The molecular formula is C21H18BrCl2NO2. The molecule has 0 amide bonds. The van der Waals surface area contributed by atoms with Gasteiger partial charge in [-0.2, -0.15) is 0 Å². The van der Waals surface area contributed by atoms with Crippen molar-refractivity contribution < 1.29 is 9.47 Å². The SMILES string of the molecule is COc1ccc(Br)c(CNc2ccccc2)c1OCc1ccc(Cl)c(Cl)c1. The van der Waals surface area contributed by atoms with Crippen LogP contribution in [0, 0.1) is 0 Å². The monoisotopic (exact) mass is 465 g/mol. The van der Waals surface area contributed by atoms with Crippen LogP contribution in [-0.4, -0.2) is 7.11 Å². The summed E-state index contributed by atoms with van der Waals surface area (Å²) in [5.41, 5.74) is 2.93. The van der Waals surface area contributed by atoms with E-state index < -0.39 is 0 Å². The first kappa shape index (κ1) is 19.9. The lowest BCUT2D eigenvalue weighted by Crippen LogP contribution is -2.06. The van der Waals surface area contributed by atoms with Crippen molar-refractivity contribution in [2.24, 2.45) is 0 Å². The first-order valence-electron chi connectivity index (χ1n) is 8.29. The first-order chi connectivity index (χ1) is 13.1. The van der Waals surface area contributed by atoms with Gasteiger partial charge in [-0.1, -0.05) is 63.4 Å². The van der Waals surface area contributed by atoms with E-state index in [1.165, 1.54) is 0 Å². The zero-order valence-corrected chi connectivity index (χ0v) is 17.7. The minimum atomic E-state index is 0.349. The minimum absolute atomic E-state index is 0.349. The normalized spacial score (nSPS) is 10.5. The average Bonchev–Trinajstić information content (AvgIpc) is 2.69. The maximum absolute atomic E-state index is 6.11. The van der Waals surface area contributed by atoms with Crippen molar-refractivity contribution in [2.45, 2.75) is 13.2 Å². The van der Waals surface area contributed by atoms with Gasteiger partial charge in [0.2, 0.25) is 0 Å². The van der Waals surface area contributed by atoms with Gasteiger partial charge in [0.05, 0.1) is 17.2 Å². The number of anilines is 1. The van der Waals surface area contributed by atoms with Gasteiger partial charge >= 0.3 is 0 Å². The minimum Gasteiger partial charge on any atom is -0.493 e. The lowest BCUT2D eigenvalue weighted by Gasteiger charge is -2.18. The molecule has 0 spiro atoms. The third-order valence-electron chi connectivity index (χ3n) is 4.00. The largest absolute Gasteiger partial charge is 0.493 e. The van der Waals surface area contributed by atoms with Crippen LogP contribution in [0.3, 0.4) is 0 Å². The van der Waals surface area contributed by atoms with Gasteiger partial charge in [-0.3, -0.25) is 0 Å². The van der Waals surface area contributed by atoms with Crippen LogP contribution in [0.5, 0.6) is 11.5 Å². The lowest BCUT2D eigenvalue weighted by atomic mass is 10.1. The second-order valence-electron chi connectivity index (χ2n) is 5.81. The van der Waals surface area contributed by atoms with Crippen molar-refractivity contribution in [3.05, 3.63) is 86.3 Å². The molecule has 0 aliphatic rings. The van der Waals surface area contributed by atoms with E-state index in [4.69, 9.17) is 32.7 Å². The number of halogens is 3. The van der Waals surface area contributed by atoms with Gasteiger partial charge in [-0.05, 0) is 42.0 Å². The molecule has 0 heterocycles. The van der Waals surface area contributed by atoms with Crippen LogP contribution in [-0.2, 0) is 13.2 Å². The van der Waals surface area contributed by atoms with Crippen LogP contribution in [0.4, 0.5) is 5.69 Å². The first-order valence-corrected chi connectivity index (χ1v) is 9.84. The fraction of sp³-hybridized carbons (Fsp3) is 0.143. The summed E-state index contributed by atoms with van der Waals surface area (Å²) in [6.45, 7) is 0.931. The molecule has 140 valence electrons. The summed E-state index contributed by atoms with van der Waals surface area (Å²) in [6.07, 6.45) is 0. The number of rotatable bonds is 7. The number of ether oxygens (including phenoxy) is 2. The van der Waals surface area contributed by atoms with Gasteiger partial charge in [0, 0.05) is 22.3 Å². The van der Waals surface area contributed by atoms with E-state index in [2.05, 4.69) is 21.2 Å². The molecule has 27 heavy (non-hydrogen) atoms. The Morgan fingerprint density at radius 1 is 0.963 bits per heavy atom. The highest BCUT2D eigenvalue weighted by atomic mass is 79.9. The van der Waals surface area contributed by atoms with E-state index >= 15 is 0 Å². The smallest absolute Gasteiger partial charge is 0.167 e. The molecular weight excluding hydrogens is 449 g/mol. The van der Waals surface area contributed by atoms with E-state index in [1.807, 2.05) is 48.5 Å². The Morgan fingerprint density at radius 3 is 2.44 bits per heavy atom. The van der Waals surface area contributed by atoms with Crippen molar-refractivity contribution in [1.29, 1.82) is 0 Å². The van der Waals surface area contributed by atoms with Gasteiger partial charge in [-0.25, -0.2) is 0 Å². The van der Waals surface area contributed by atoms with Crippen molar-refractivity contribution in [3.8, 4) is 11.5 Å². The van der Waals surface area contributed by atoms with E-state index in [9.17, 15) is 0 Å². The van der Waals surface area contributed by atoms with Crippen LogP contribution in [0.25, 0.3) is 0 Å². The quantitative estimate of drug-likeness (QED) is 0.408. The van der Waals surface area contributed by atoms with Crippen LogP contribution < -0.4 is 14.8 Å². The van der Waals surface area contributed by atoms with E-state index in [0.717, 1.165) is 21.3 Å². The van der Waals surface area contributed by atoms with E-state index in [-0.39, 0.29) is 0 Å². The Labute approximate surface area is 177 Å². The van der Waals surface area contributed by atoms with E-state index in [0.29, 0.717) is 34.7 Å². The Hall–Kier alpha value is -1.88. The van der Waals surface area contributed by atoms with Gasteiger partial charge in [-0.15, -0.1) is 0 Å². The molecule has 1 N–H and O–H groups in total. The second-order valence-corrected chi connectivity index (χ2v) is 7.48. The molecule has 3 aromatic rings. The molecule has 0 saturated heterocycles. The number of hydrogen-bond donors (Lipinski definition) is 1. The molecule has 0 bridgehead atoms. The summed E-state index contributed by atoms with van der Waals surface area (Å²) in [5.74, 6) is 1.35. The van der Waals surface area contributed by atoms with E-state index in [1.54, 1.807) is 19.2 Å². The molecule has 3 nitrogen and oxygen atoms in total. The highest BCUT2D eigenvalue weighted by Gasteiger charge is 2.15. The lowest BCUT2D eigenvalue weighted by molar-refractivity contribution is 0.281. The summed E-state index contributed by atoms with van der Waals surface area (Å²) in [5, 5.41) is 4.43.